The number of rotatable bonds is 4. The van der Waals surface area contributed by atoms with Crippen molar-refractivity contribution in [1.29, 1.82) is 0 Å². The van der Waals surface area contributed by atoms with Crippen molar-refractivity contribution in [2.45, 2.75) is 19.3 Å². The molecule has 0 bridgehead atoms. The molecule has 2 aromatic rings. The number of aliphatic carboxylic acids is 1. The van der Waals surface area contributed by atoms with Crippen LogP contribution in [0.25, 0.3) is 0 Å². The summed E-state index contributed by atoms with van der Waals surface area (Å²) in [5.74, 6) is -1.20. The van der Waals surface area contributed by atoms with Gasteiger partial charge in [-0.25, -0.2) is 0 Å². The van der Waals surface area contributed by atoms with Gasteiger partial charge in [-0.05, 0) is 29.5 Å². The van der Waals surface area contributed by atoms with Gasteiger partial charge >= 0.3 is 5.97 Å². The highest BCUT2D eigenvalue weighted by Crippen LogP contribution is 2.27. The fourth-order valence-corrected chi connectivity index (χ4v) is 2.80. The van der Waals surface area contributed by atoms with Crippen LogP contribution in [0, 0.1) is 0 Å². The van der Waals surface area contributed by atoms with E-state index >= 15 is 0 Å². The molecule has 0 fully saturated rings. The number of carboxylic acid groups (broad SMARTS) is 1. The molecule has 0 amide bonds. The Hall–Kier alpha value is -1.61. The van der Waals surface area contributed by atoms with Crippen LogP contribution in [-0.2, 0) is 11.2 Å². The van der Waals surface area contributed by atoms with Crippen LogP contribution >= 0.6 is 11.3 Å². The first-order chi connectivity index (χ1) is 8.18. The third kappa shape index (κ3) is 2.74. The van der Waals surface area contributed by atoms with Crippen LogP contribution in [0.4, 0.5) is 0 Å². The second-order valence-electron chi connectivity index (χ2n) is 4.02. The number of hydrogen-bond donors (Lipinski definition) is 1. The standard InChI is InChI=1S/C14H14O2S/c1-10(14(15)16)12-7-8-17-13(12)9-11-5-3-2-4-6-11/h2-8,10H,9H2,1H3,(H,15,16). The van der Waals surface area contributed by atoms with Crippen LogP contribution in [0.2, 0.25) is 0 Å². The van der Waals surface area contributed by atoms with Crippen LogP contribution in [0.15, 0.2) is 41.8 Å². The lowest BCUT2D eigenvalue weighted by atomic mass is 9.99. The Morgan fingerprint density at radius 1 is 1.29 bits per heavy atom. The first-order valence-electron chi connectivity index (χ1n) is 5.51. The number of carboxylic acids is 1. The molecule has 17 heavy (non-hydrogen) atoms. The van der Waals surface area contributed by atoms with E-state index in [1.165, 1.54) is 5.56 Å². The van der Waals surface area contributed by atoms with Gasteiger partial charge < -0.3 is 5.11 Å². The highest BCUT2D eigenvalue weighted by molar-refractivity contribution is 7.10. The van der Waals surface area contributed by atoms with Gasteiger partial charge in [0.1, 0.15) is 0 Å². The Morgan fingerprint density at radius 2 is 2.00 bits per heavy atom. The van der Waals surface area contributed by atoms with Gasteiger partial charge in [-0.2, -0.15) is 0 Å². The van der Waals surface area contributed by atoms with E-state index in [0.29, 0.717) is 0 Å². The Balaban J connectivity index is 2.23. The largest absolute Gasteiger partial charge is 0.481 e. The lowest BCUT2D eigenvalue weighted by Crippen LogP contribution is -2.08. The molecular formula is C14H14O2S. The van der Waals surface area contributed by atoms with E-state index in [4.69, 9.17) is 5.11 Å². The molecular weight excluding hydrogens is 232 g/mol. The van der Waals surface area contributed by atoms with E-state index in [1.807, 2.05) is 29.6 Å². The summed E-state index contributed by atoms with van der Waals surface area (Å²) in [4.78, 5) is 12.2. The van der Waals surface area contributed by atoms with E-state index in [2.05, 4.69) is 12.1 Å². The van der Waals surface area contributed by atoms with E-state index in [9.17, 15) is 4.79 Å². The lowest BCUT2D eigenvalue weighted by Gasteiger charge is -2.08. The summed E-state index contributed by atoms with van der Waals surface area (Å²) in [5, 5.41) is 11.0. The van der Waals surface area contributed by atoms with Crippen LogP contribution in [-0.4, -0.2) is 11.1 Å². The average molecular weight is 246 g/mol. The summed E-state index contributed by atoms with van der Waals surface area (Å²) < 4.78 is 0. The maximum atomic E-state index is 11.0. The number of carbonyl (C=O) groups is 1. The molecule has 1 heterocycles. The average Bonchev–Trinajstić information content (AvgIpc) is 2.77. The van der Waals surface area contributed by atoms with E-state index < -0.39 is 11.9 Å². The molecule has 0 aliphatic rings. The maximum absolute atomic E-state index is 11.0. The number of hydrogen-bond acceptors (Lipinski definition) is 2. The van der Waals surface area contributed by atoms with Crippen molar-refractivity contribution < 1.29 is 9.90 Å². The third-order valence-corrected chi connectivity index (χ3v) is 3.76. The maximum Gasteiger partial charge on any atom is 0.310 e. The molecule has 2 rings (SSSR count). The predicted molar refractivity (Wildman–Crippen MR) is 69.6 cm³/mol. The van der Waals surface area contributed by atoms with Crippen molar-refractivity contribution in [2.24, 2.45) is 0 Å². The number of benzene rings is 1. The molecule has 0 saturated heterocycles. The van der Waals surface area contributed by atoms with Crippen LogP contribution in [0.1, 0.15) is 28.8 Å². The molecule has 0 spiro atoms. The van der Waals surface area contributed by atoms with Crippen LogP contribution in [0.5, 0.6) is 0 Å². The first kappa shape index (κ1) is 11.9. The van der Waals surface area contributed by atoms with Crippen molar-refractivity contribution in [2.75, 3.05) is 0 Å². The molecule has 0 aliphatic carbocycles. The minimum Gasteiger partial charge on any atom is -0.481 e. The van der Waals surface area contributed by atoms with Gasteiger partial charge in [-0.1, -0.05) is 30.3 Å². The second kappa shape index (κ2) is 5.15. The van der Waals surface area contributed by atoms with Crippen molar-refractivity contribution in [3.63, 3.8) is 0 Å². The zero-order valence-corrected chi connectivity index (χ0v) is 10.4. The van der Waals surface area contributed by atoms with Gasteiger partial charge in [-0.15, -0.1) is 11.3 Å². The number of thiophene rings is 1. The van der Waals surface area contributed by atoms with Crippen molar-refractivity contribution in [3.8, 4) is 0 Å². The van der Waals surface area contributed by atoms with Gasteiger partial charge in [-0.3, -0.25) is 4.79 Å². The van der Waals surface area contributed by atoms with E-state index in [1.54, 1.807) is 18.3 Å². The SMILES string of the molecule is CC(C(=O)O)c1ccsc1Cc1ccccc1. The molecule has 3 heteroatoms. The zero-order valence-electron chi connectivity index (χ0n) is 9.59. The summed E-state index contributed by atoms with van der Waals surface area (Å²) in [6, 6.07) is 12.0. The molecule has 0 aliphatic heterocycles. The summed E-state index contributed by atoms with van der Waals surface area (Å²) >= 11 is 1.63. The minimum absolute atomic E-state index is 0.431. The molecule has 1 N–H and O–H groups in total. The Morgan fingerprint density at radius 3 is 2.65 bits per heavy atom. The molecule has 1 atom stereocenters. The van der Waals surface area contributed by atoms with Gasteiger partial charge in [0.25, 0.3) is 0 Å². The third-order valence-electron chi connectivity index (χ3n) is 2.82. The van der Waals surface area contributed by atoms with Crippen molar-refractivity contribution in [3.05, 3.63) is 57.8 Å². The molecule has 88 valence electrons. The van der Waals surface area contributed by atoms with Crippen LogP contribution < -0.4 is 0 Å². The fraction of sp³-hybridized carbons (Fsp3) is 0.214. The molecule has 0 saturated carbocycles. The summed E-state index contributed by atoms with van der Waals surface area (Å²) in [5.41, 5.74) is 2.15. The highest BCUT2D eigenvalue weighted by Gasteiger charge is 2.18. The summed E-state index contributed by atoms with van der Waals surface area (Å²) in [6.45, 7) is 1.74. The normalized spacial score (nSPS) is 12.3. The Labute approximate surface area is 105 Å². The van der Waals surface area contributed by atoms with Crippen molar-refractivity contribution >= 4 is 17.3 Å². The highest BCUT2D eigenvalue weighted by atomic mass is 32.1. The monoisotopic (exact) mass is 246 g/mol. The molecule has 1 unspecified atom stereocenters. The fourth-order valence-electron chi connectivity index (χ4n) is 1.79. The van der Waals surface area contributed by atoms with Gasteiger partial charge in [0, 0.05) is 11.3 Å². The van der Waals surface area contributed by atoms with Gasteiger partial charge in [0.15, 0.2) is 0 Å². The van der Waals surface area contributed by atoms with Crippen LogP contribution in [0.3, 0.4) is 0 Å². The smallest absolute Gasteiger partial charge is 0.310 e. The first-order valence-corrected chi connectivity index (χ1v) is 6.39. The van der Waals surface area contributed by atoms with Gasteiger partial charge in [0.05, 0.1) is 5.92 Å². The lowest BCUT2D eigenvalue weighted by molar-refractivity contribution is -0.138. The quantitative estimate of drug-likeness (QED) is 0.896. The second-order valence-corrected chi connectivity index (χ2v) is 5.02. The molecule has 1 aromatic heterocycles. The van der Waals surface area contributed by atoms with E-state index in [-0.39, 0.29) is 0 Å². The van der Waals surface area contributed by atoms with E-state index in [0.717, 1.165) is 16.9 Å². The Bertz CT molecular complexity index is 502. The van der Waals surface area contributed by atoms with Crippen molar-refractivity contribution in [1.82, 2.24) is 0 Å². The Kier molecular flexibility index (Phi) is 3.59. The molecule has 2 nitrogen and oxygen atoms in total. The minimum atomic E-state index is -0.766. The molecule has 1 aromatic carbocycles. The summed E-state index contributed by atoms with van der Waals surface area (Å²) in [6.07, 6.45) is 0.811. The zero-order chi connectivity index (χ0) is 12.3. The topological polar surface area (TPSA) is 37.3 Å². The predicted octanol–water partition coefficient (Wildman–Crippen LogP) is 3.53. The molecule has 0 radical (unpaired) electrons. The summed E-state index contributed by atoms with van der Waals surface area (Å²) in [7, 11) is 0. The van der Waals surface area contributed by atoms with Gasteiger partial charge in [0.2, 0.25) is 0 Å².